The maximum Gasteiger partial charge on any atom is 0.224 e. The molecule has 0 aliphatic heterocycles. The van der Waals surface area contributed by atoms with Crippen LogP contribution >= 0.6 is 11.6 Å². The molecule has 0 bridgehead atoms. The van der Waals surface area contributed by atoms with Gasteiger partial charge in [0.2, 0.25) is 5.24 Å². The number of rotatable bonds is 2. The van der Waals surface area contributed by atoms with Gasteiger partial charge in [-0.1, -0.05) is 0 Å². The van der Waals surface area contributed by atoms with Gasteiger partial charge in [-0.2, -0.15) is 0 Å². The van der Waals surface area contributed by atoms with E-state index in [-0.39, 0.29) is 11.2 Å². The van der Waals surface area contributed by atoms with Crippen LogP contribution < -0.4 is 0 Å². The Labute approximate surface area is 78.9 Å². The van der Waals surface area contributed by atoms with Gasteiger partial charge in [0.1, 0.15) is 0 Å². The van der Waals surface area contributed by atoms with Crippen LogP contribution in [0.4, 0.5) is 0 Å². The lowest BCUT2D eigenvalue weighted by Gasteiger charge is -2.30. The molecule has 0 saturated heterocycles. The summed E-state index contributed by atoms with van der Waals surface area (Å²) in [6.07, 6.45) is 4.14. The molecule has 12 heavy (non-hydrogen) atoms. The lowest BCUT2D eigenvalue weighted by molar-refractivity contribution is -0.116. The fourth-order valence-corrected chi connectivity index (χ4v) is 2.04. The van der Waals surface area contributed by atoms with Crippen LogP contribution in [0, 0.1) is 5.92 Å². The van der Waals surface area contributed by atoms with Gasteiger partial charge in [0.25, 0.3) is 0 Å². The van der Waals surface area contributed by atoms with Crippen LogP contribution in [0.2, 0.25) is 0 Å². The van der Waals surface area contributed by atoms with E-state index in [4.69, 9.17) is 11.6 Å². The zero-order chi connectivity index (χ0) is 9.14. The van der Waals surface area contributed by atoms with Gasteiger partial charge < -0.3 is 4.90 Å². The molecule has 1 aliphatic carbocycles. The molecule has 0 aromatic heterocycles. The first kappa shape index (κ1) is 10.0. The standard InChI is InChI=1S/C9H16ClNO/c1-11(2)8-5-3-7(4-6-8)9(10)12/h7-8H,3-6H2,1-2H3/t7-,8-. The smallest absolute Gasteiger partial charge is 0.224 e. The topological polar surface area (TPSA) is 20.3 Å². The predicted molar refractivity (Wildman–Crippen MR) is 50.3 cm³/mol. The molecular formula is C9H16ClNO. The highest BCUT2D eigenvalue weighted by Gasteiger charge is 2.25. The molecule has 0 N–H and O–H groups in total. The molecule has 1 fully saturated rings. The van der Waals surface area contributed by atoms with E-state index in [0.29, 0.717) is 6.04 Å². The Morgan fingerprint density at radius 2 is 1.75 bits per heavy atom. The van der Waals surface area contributed by atoms with E-state index in [1.165, 1.54) is 0 Å². The van der Waals surface area contributed by atoms with Crippen molar-refractivity contribution < 1.29 is 4.79 Å². The third-order valence-corrected chi connectivity index (χ3v) is 3.06. The highest BCUT2D eigenvalue weighted by molar-refractivity contribution is 6.63. The van der Waals surface area contributed by atoms with E-state index in [2.05, 4.69) is 19.0 Å². The van der Waals surface area contributed by atoms with Crippen LogP contribution in [0.25, 0.3) is 0 Å². The largest absolute Gasteiger partial charge is 0.306 e. The van der Waals surface area contributed by atoms with Gasteiger partial charge in [-0.25, -0.2) is 0 Å². The van der Waals surface area contributed by atoms with E-state index in [1.807, 2.05) is 0 Å². The highest BCUT2D eigenvalue weighted by atomic mass is 35.5. The molecule has 2 nitrogen and oxygen atoms in total. The number of carbonyl (C=O) groups is 1. The third kappa shape index (κ3) is 2.46. The SMILES string of the molecule is CN(C)[C@H]1CC[C@H](C(=O)Cl)CC1. The minimum atomic E-state index is -0.146. The summed E-state index contributed by atoms with van der Waals surface area (Å²) >= 11 is 5.43. The van der Waals surface area contributed by atoms with Gasteiger partial charge in [0, 0.05) is 12.0 Å². The normalized spacial score (nSPS) is 30.7. The Bertz CT molecular complexity index is 162. The Kier molecular flexibility index (Phi) is 3.53. The van der Waals surface area contributed by atoms with E-state index in [1.54, 1.807) is 0 Å². The van der Waals surface area contributed by atoms with Gasteiger partial charge in [0.15, 0.2) is 0 Å². The van der Waals surface area contributed by atoms with E-state index in [9.17, 15) is 4.79 Å². The molecule has 0 aromatic carbocycles. The summed E-state index contributed by atoms with van der Waals surface area (Å²) < 4.78 is 0. The highest BCUT2D eigenvalue weighted by Crippen LogP contribution is 2.27. The van der Waals surface area contributed by atoms with Crippen molar-refractivity contribution in [2.24, 2.45) is 5.92 Å². The van der Waals surface area contributed by atoms with Crippen molar-refractivity contribution in [1.29, 1.82) is 0 Å². The summed E-state index contributed by atoms with van der Waals surface area (Å²) in [5.41, 5.74) is 0. The van der Waals surface area contributed by atoms with Gasteiger partial charge in [-0.05, 0) is 51.4 Å². The number of hydrogen-bond donors (Lipinski definition) is 0. The lowest BCUT2D eigenvalue weighted by Crippen LogP contribution is -2.33. The zero-order valence-electron chi connectivity index (χ0n) is 7.72. The average molecular weight is 190 g/mol. The van der Waals surface area contributed by atoms with E-state index in [0.717, 1.165) is 25.7 Å². The van der Waals surface area contributed by atoms with Crippen LogP contribution in [0.15, 0.2) is 0 Å². The molecule has 0 radical (unpaired) electrons. The summed E-state index contributed by atoms with van der Waals surface area (Å²) in [5, 5.41) is -0.146. The first-order valence-electron chi connectivity index (χ1n) is 4.47. The molecule has 1 saturated carbocycles. The molecule has 3 heteroatoms. The molecular weight excluding hydrogens is 174 g/mol. The van der Waals surface area contributed by atoms with Crippen LogP contribution in [0.1, 0.15) is 25.7 Å². The summed E-state index contributed by atoms with van der Waals surface area (Å²) in [6, 6.07) is 0.650. The van der Waals surface area contributed by atoms with Crippen molar-refractivity contribution in [3.05, 3.63) is 0 Å². The minimum Gasteiger partial charge on any atom is -0.306 e. The Hall–Kier alpha value is -0.0800. The summed E-state index contributed by atoms with van der Waals surface area (Å²) in [7, 11) is 4.18. The van der Waals surface area contributed by atoms with Gasteiger partial charge in [-0.15, -0.1) is 0 Å². The summed E-state index contributed by atoms with van der Waals surface area (Å²) in [4.78, 5) is 13.1. The fraction of sp³-hybridized carbons (Fsp3) is 0.889. The van der Waals surface area contributed by atoms with Gasteiger partial charge in [-0.3, -0.25) is 4.79 Å². The summed E-state index contributed by atoms with van der Waals surface area (Å²) in [6.45, 7) is 0. The first-order valence-corrected chi connectivity index (χ1v) is 4.85. The molecule has 70 valence electrons. The van der Waals surface area contributed by atoms with Gasteiger partial charge >= 0.3 is 0 Å². The van der Waals surface area contributed by atoms with Crippen molar-refractivity contribution >= 4 is 16.8 Å². The number of hydrogen-bond acceptors (Lipinski definition) is 2. The van der Waals surface area contributed by atoms with Crippen molar-refractivity contribution in [1.82, 2.24) is 4.90 Å². The molecule has 1 aliphatic rings. The second-order valence-corrected chi connectivity index (χ2v) is 4.15. The second kappa shape index (κ2) is 4.24. The Morgan fingerprint density at radius 3 is 2.08 bits per heavy atom. The third-order valence-electron chi connectivity index (χ3n) is 2.75. The minimum absolute atomic E-state index is 0.128. The predicted octanol–water partition coefficient (Wildman–Crippen LogP) is 1.87. The number of nitrogens with zero attached hydrogens (tertiary/aromatic N) is 1. The molecule has 1 rings (SSSR count). The second-order valence-electron chi connectivity index (χ2n) is 3.77. The van der Waals surface area contributed by atoms with E-state index < -0.39 is 0 Å². The Balaban J connectivity index is 2.34. The van der Waals surface area contributed by atoms with E-state index >= 15 is 0 Å². The molecule has 0 unspecified atom stereocenters. The zero-order valence-corrected chi connectivity index (χ0v) is 8.47. The van der Waals surface area contributed by atoms with Crippen LogP contribution in [0.5, 0.6) is 0 Å². The monoisotopic (exact) mass is 189 g/mol. The van der Waals surface area contributed by atoms with Crippen LogP contribution in [-0.2, 0) is 4.79 Å². The van der Waals surface area contributed by atoms with Crippen molar-refractivity contribution in [2.45, 2.75) is 31.7 Å². The molecule has 0 heterocycles. The quantitative estimate of drug-likeness (QED) is 0.619. The van der Waals surface area contributed by atoms with Crippen molar-refractivity contribution in [3.63, 3.8) is 0 Å². The number of halogens is 1. The summed E-state index contributed by atoms with van der Waals surface area (Å²) in [5.74, 6) is 0.128. The average Bonchev–Trinajstić information content (AvgIpc) is 2.04. The van der Waals surface area contributed by atoms with Gasteiger partial charge in [0.05, 0.1) is 0 Å². The van der Waals surface area contributed by atoms with Crippen molar-refractivity contribution in [3.8, 4) is 0 Å². The molecule has 0 aromatic rings. The number of carbonyl (C=O) groups excluding carboxylic acids is 1. The maximum atomic E-state index is 10.8. The molecule has 0 atom stereocenters. The first-order chi connectivity index (χ1) is 5.61. The molecule has 0 amide bonds. The van der Waals surface area contributed by atoms with Crippen LogP contribution in [0.3, 0.4) is 0 Å². The lowest BCUT2D eigenvalue weighted by atomic mass is 9.86. The van der Waals surface area contributed by atoms with Crippen LogP contribution in [-0.4, -0.2) is 30.3 Å². The fourth-order valence-electron chi connectivity index (χ4n) is 1.82. The maximum absolute atomic E-state index is 10.8. The van der Waals surface area contributed by atoms with Crippen molar-refractivity contribution in [2.75, 3.05) is 14.1 Å². The molecule has 0 spiro atoms. The Morgan fingerprint density at radius 1 is 1.25 bits per heavy atom.